The molecule has 0 radical (unpaired) electrons. The quantitative estimate of drug-likeness (QED) is 0.301. The predicted octanol–water partition coefficient (Wildman–Crippen LogP) is 5.57. The van der Waals surface area contributed by atoms with Crippen molar-refractivity contribution < 1.29 is 0 Å². The Kier molecular flexibility index (Phi) is 6.70. The van der Waals surface area contributed by atoms with Gasteiger partial charge < -0.3 is 0 Å². The van der Waals surface area contributed by atoms with Crippen LogP contribution >= 0.6 is 0 Å². The van der Waals surface area contributed by atoms with Crippen molar-refractivity contribution in [2.24, 2.45) is 7.05 Å². The van der Waals surface area contributed by atoms with Crippen LogP contribution in [0.3, 0.4) is 0 Å². The lowest BCUT2D eigenvalue weighted by atomic mass is 9.92. The summed E-state index contributed by atoms with van der Waals surface area (Å²) in [7, 11) is 1.92. The number of rotatable bonds is 7. The van der Waals surface area contributed by atoms with E-state index in [-0.39, 0.29) is 5.56 Å². The molecule has 184 valence electrons. The number of benzene rings is 3. The maximum Gasteiger partial charge on any atom is 0.257 e. The molecule has 0 bridgehead atoms. The van der Waals surface area contributed by atoms with Crippen LogP contribution in [-0.4, -0.2) is 19.3 Å². The average molecular weight is 488 g/mol. The molecule has 0 N–H and O–H groups in total. The number of hydrogen-bond acceptors (Lipinski definition) is 4. The molecule has 5 aromatic rings. The van der Waals surface area contributed by atoms with Crippen LogP contribution < -0.4 is 5.56 Å². The summed E-state index contributed by atoms with van der Waals surface area (Å²) in [6.07, 6.45) is 1.94. The molecule has 2 aromatic heterocycles. The molecular weight excluding hydrogens is 458 g/mol. The number of nitriles is 1. The van der Waals surface area contributed by atoms with E-state index in [2.05, 4.69) is 13.0 Å². The van der Waals surface area contributed by atoms with Crippen LogP contribution in [0, 0.1) is 18.3 Å². The third-order valence-corrected chi connectivity index (χ3v) is 6.88. The number of aryl methyl sites for hydroxylation is 3. The molecule has 0 saturated heterocycles. The largest absolute Gasteiger partial charge is 0.290 e. The van der Waals surface area contributed by atoms with E-state index in [0.717, 1.165) is 45.4 Å². The first-order chi connectivity index (χ1) is 18.0. The summed E-state index contributed by atoms with van der Waals surface area (Å²) < 4.78 is 3.56. The van der Waals surface area contributed by atoms with Gasteiger partial charge in [0.1, 0.15) is 11.9 Å². The highest BCUT2D eigenvalue weighted by Crippen LogP contribution is 2.27. The van der Waals surface area contributed by atoms with Gasteiger partial charge in [0.25, 0.3) is 5.56 Å². The monoisotopic (exact) mass is 487 g/mol. The predicted molar refractivity (Wildman–Crippen MR) is 146 cm³/mol. The van der Waals surface area contributed by atoms with Gasteiger partial charge >= 0.3 is 0 Å². The number of hydrogen-bond donors (Lipinski definition) is 0. The SMILES string of the molecule is CCCc1nc(C)n(Cc2nn(C)c3ccccc23)c(=O)c1Cc1cccc(-c2ccccc2)c1C#N. The smallest absolute Gasteiger partial charge is 0.257 e. The van der Waals surface area contributed by atoms with Crippen LogP contribution in [0.5, 0.6) is 0 Å². The average Bonchev–Trinajstić information content (AvgIpc) is 3.24. The summed E-state index contributed by atoms with van der Waals surface area (Å²) in [6.45, 7) is 4.31. The first kappa shape index (κ1) is 24.2. The number of para-hydroxylation sites is 1. The van der Waals surface area contributed by atoms with E-state index in [9.17, 15) is 10.1 Å². The van der Waals surface area contributed by atoms with Crippen molar-refractivity contribution in [3.63, 3.8) is 0 Å². The molecule has 3 aromatic carbocycles. The molecule has 2 heterocycles. The topological polar surface area (TPSA) is 76.5 Å². The molecule has 0 aliphatic rings. The molecule has 5 rings (SSSR count). The third-order valence-electron chi connectivity index (χ3n) is 6.88. The van der Waals surface area contributed by atoms with Crippen LogP contribution in [0.1, 0.15) is 47.2 Å². The van der Waals surface area contributed by atoms with Crippen molar-refractivity contribution in [1.82, 2.24) is 19.3 Å². The molecule has 0 saturated carbocycles. The van der Waals surface area contributed by atoms with Crippen molar-refractivity contribution in [2.45, 2.75) is 39.7 Å². The Hall–Kier alpha value is -4.50. The molecule has 0 atom stereocenters. The molecule has 6 nitrogen and oxygen atoms in total. The Bertz CT molecular complexity index is 1690. The maximum atomic E-state index is 14.0. The van der Waals surface area contributed by atoms with Crippen molar-refractivity contribution in [1.29, 1.82) is 5.26 Å². The number of aromatic nitrogens is 4. The Labute approximate surface area is 216 Å². The second kappa shape index (κ2) is 10.2. The van der Waals surface area contributed by atoms with E-state index < -0.39 is 0 Å². The molecular formula is C31H29N5O. The number of fused-ring (bicyclic) bond motifs is 1. The van der Waals surface area contributed by atoms with Crippen LogP contribution in [0.2, 0.25) is 0 Å². The molecule has 0 fully saturated rings. The highest BCUT2D eigenvalue weighted by molar-refractivity contribution is 5.81. The Morgan fingerprint density at radius 3 is 2.46 bits per heavy atom. The van der Waals surface area contributed by atoms with E-state index in [0.29, 0.717) is 36.3 Å². The molecule has 0 aliphatic heterocycles. The van der Waals surface area contributed by atoms with E-state index in [1.54, 1.807) is 4.57 Å². The molecule has 0 unspecified atom stereocenters. The van der Waals surface area contributed by atoms with Crippen LogP contribution in [0.4, 0.5) is 0 Å². The van der Waals surface area contributed by atoms with Gasteiger partial charge in [0.2, 0.25) is 0 Å². The third kappa shape index (κ3) is 4.56. The minimum atomic E-state index is -0.0697. The minimum absolute atomic E-state index is 0.0697. The highest BCUT2D eigenvalue weighted by Gasteiger charge is 2.19. The summed E-state index contributed by atoms with van der Waals surface area (Å²) in [5.41, 5.74) is 6.53. The second-order valence-corrected chi connectivity index (χ2v) is 9.31. The molecule has 0 amide bonds. The molecule has 6 heteroatoms. The van der Waals surface area contributed by atoms with E-state index in [4.69, 9.17) is 10.1 Å². The van der Waals surface area contributed by atoms with Gasteiger partial charge in [-0.2, -0.15) is 10.4 Å². The standard InChI is InChI=1S/C31H29N5O/c1-4-11-28-26(18-23-14-10-16-24(27(23)19-32)22-12-6-5-7-13-22)31(37)36(21(2)33-28)20-29-25-15-8-9-17-30(25)35(3)34-29/h5-10,12-17H,4,11,18,20H2,1-3H3. The lowest BCUT2D eigenvalue weighted by molar-refractivity contribution is 0.647. The Balaban J connectivity index is 1.62. The first-order valence-electron chi connectivity index (χ1n) is 12.6. The molecule has 0 spiro atoms. The zero-order valence-electron chi connectivity index (χ0n) is 21.4. The summed E-state index contributed by atoms with van der Waals surface area (Å²) in [6, 6.07) is 26.2. The lowest BCUT2D eigenvalue weighted by Gasteiger charge is -2.16. The molecule has 0 aliphatic carbocycles. The van der Waals surface area contributed by atoms with Crippen molar-refractivity contribution in [3.05, 3.63) is 117 Å². The fourth-order valence-corrected chi connectivity index (χ4v) is 5.05. The number of nitrogens with zero attached hydrogens (tertiary/aromatic N) is 5. The zero-order chi connectivity index (χ0) is 25.9. The van der Waals surface area contributed by atoms with E-state index in [1.165, 1.54) is 0 Å². The van der Waals surface area contributed by atoms with E-state index >= 15 is 0 Å². The van der Waals surface area contributed by atoms with Crippen LogP contribution in [-0.2, 0) is 26.4 Å². The summed E-state index contributed by atoms with van der Waals surface area (Å²) in [5.74, 6) is 0.672. The van der Waals surface area contributed by atoms with Gasteiger partial charge in [-0.25, -0.2) is 4.98 Å². The van der Waals surface area contributed by atoms with Gasteiger partial charge in [-0.3, -0.25) is 14.0 Å². The van der Waals surface area contributed by atoms with Gasteiger partial charge in [-0.15, -0.1) is 0 Å². The Morgan fingerprint density at radius 1 is 0.946 bits per heavy atom. The fourth-order valence-electron chi connectivity index (χ4n) is 5.05. The molecule has 37 heavy (non-hydrogen) atoms. The maximum absolute atomic E-state index is 14.0. The van der Waals surface area contributed by atoms with Gasteiger partial charge in [-0.1, -0.05) is 80.1 Å². The van der Waals surface area contributed by atoms with Gasteiger partial charge in [-0.05, 0) is 36.1 Å². The first-order valence-corrected chi connectivity index (χ1v) is 12.6. The van der Waals surface area contributed by atoms with Crippen LogP contribution in [0.15, 0.2) is 77.6 Å². The van der Waals surface area contributed by atoms with Crippen molar-refractivity contribution in [2.75, 3.05) is 0 Å². The fraction of sp³-hybridized carbons (Fsp3) is 0.226. The lowest BCUT2D eigenvalue weighted by Crippen LogP contribution is -2.30. The second-order valence-electron chi connectivity index (χ2n) is 9.31. The van der Waals surface area contributed by atoms with Crippen molar-refractivity contribution in [3.8, 4) is 17.2 Å². The van der Waals surface area contributed by atoms with E-state index in [1.807, 2.05) is 91.4 Å². The van der Waals surface area contributed by atoms with Gasteiger partial charge in [0.15, 0.2) is 0 Å². The van der Waals surface area contributed by atoms with Crippen molar-refractivity contribution >= 4 is 10.9 Å². The van der Waals surface area contributed by atoms with Gasteiger partial charge in [0.05, 0.1) is 29.0 Å². The minimum Gasteiger partial charge on any atom is -0.290 e. The van der Waals surface area contributed by atoms with Gasteiger partial charge in [0, 0.05) is 24.4 Å². The van der Waals surface area contributed by atoms with Crippen LogP contribution in [0.25, 0.3) is 22.0 Å². The highest BCUT2D eigenvalue weighted by atomic mass is 16.1. The summed E-state index contributed by atoms with van der Waals surface area (Å²) in [4.78, 5) is 18.9. The normalized spacial score (nSPS) is 11.1. The Morgan fingerprint density at radius 2 is 1.70 bits per heavy atom. The summed E-state index contributed by atoms with van der Waals surface area (Å²) >= 11 is 0. The zero-order valence-corrected chi connectivity index (χ0v) is 21.4. The summed E-state index contributed by atoms with van der Waals surface area (Å²) in [5, 5.41) is 15.8.